The van der Waals surface area contributed by atoms with Crippen LogP contribution in [0.2, 0.25) is 0 Å². The number of aliphatic hydroxyl groups is 1. The van der Waals surface area contributed by atoms with Gasteiger partial charge in [0.1, 0.15) is 19.3 Å². The molecule has 0 amide bonds. The Balaban J connectivity index is 3.46. The molecule has 35 heavy (non-hydrogen) atoms. The second kappa shape index (κ2) is 24.6. The Kier molecular flexibility index (Phi) is 23.8. The van der Waals surface area contributed by atoms with E-state index in [2.05, 4.69) is 27.7 Å². The zero-order valence-electron chi connectivity index (χ0n) is 23.7. The lowest BCUT2D eigenvalue weighted by molar-refractivity contribution is -0.152. The summed E-state index contributed by atoms with van der Waals surface area (Å²) in [5.74, 6) is 1.07. The Bertz CT molecular complexity index is 491. The summed E-state index contributed by atoms with van der Waals surface area (Å²) in [6, 6.07) is 0. The van der Waals surface area contributed by atoms with Crippen LogP contribution in [0.4, 0.5) is 0 Å². The first-order valence-electron chi connectivity index (χ1n) is 14.8. The monoisotopic (exact) mass is 498 g/mol. The highest BCUT2D eigenvalue weighted by Gasteiger charge is 2.12. The molecule has 0 radical (unpaired) electrons. The maximum Gasteiger partial charge on any atom is 0.305 e. The summed E-state index contributed by atoms with van der Waals surface area (Å²) >= 11 is 0. The first-order chi connectivity index (χ1) is 16.8. The van der Waals surface area contributed by atoms with E-state index in [9.17, 15) is 14.7 Å². The fraction of sp³-hybridized carbons (Fsp3) is 0.933. The van der Waals surface area contributed by atoms with E-state index in [0.29, 0.717) is 12.8 Å². The Morgan fingerprint density at radius 2 is 0.971 bits per heavy atom. The van der Waals surface area contributed by atoms with E-state index < -0.39 is 6.10 Å². The molecule has 0 aromatic rings. The SMILES string of the molecule is CCC(C)CCCCCCCCCCC(=O)OC[C@@H](O)COC(=O)CCCCCCCCC(C)C. The van der Waals surface area contributed by atoms with Crippen molar-refractivity contribution in [2.24, 2.45) is 11.8 Å². The van der Waals surface area contributed by atoms with Crippen molar-refractivity contribution >= 4 is 11.9 Å². The van der Waals surface area contributed by atoms with E-state index in [0.717, 1.165) is 50.4 Å². The van der Waals surface area contributed by atoms with Gasteiger partial charge in [0.25, 0.3) is 0 Å². The summed E-state index contributed by atoms with van der Waals surface area (Å²) in [6.45, 7) is 8.89. The van der Waals surface area contributed by atoms with Crippen LogP contribution in [-0.2, 0) is 19.1 Å². The van der Waals surface area contributed by atoms with Crippen LogP contribution in [0.3, 0.4) is 0 Å². The number of carbonyl (C=O) groups is 2. The number of hydrogen-bond donors (Lipinski definition) is 1. The fourth-order valence-corrected chi connectivity index (χ4v) is 4.13. The number of rotatable bonds is 25. The smallest absolute Gasteiger partial charge is 0.305 e. The second-order valence-corrected chi connectivity index (χ2v) is 11.0. The largest absolute Gasteiger partial charge is 0.463 e. The van der Waals surface area contributed by atoms with Crippen molar-refractivity contribution in [2.75, 3.05) is 13.2 Å². The predicted octanol–water partition coefficient (Wildman–Crippen LogP) is 8.16. The normalized spacial score (nSPS) is 13.1. The molecule has 0 bridgehead atoms. The molecule has 0 rings (SSSR count). The molecule has 5 nitrogen and oxygen atoms in total. The Morgan fingerprint density at radius 3 is 1.37 bits per heavy atom. The zero-order valence-corrected chi connectivity index (χ0v) is 23.7. The third-order valence-corrected chi connectivity index (χ3v) is 6.81. The summed E-state index contributed by atoms with van der Waals surface area (Å²) in [5.41, 5.74) is 0. The summed E-state index contributed by atoms with van der Waals surface area (Å²) in [5, 5.41) is 9.90. The van der Waals surface area contributed by atoms with Crippen LogP contribution in [0.5, 0.6) is 0 Å². The maximum absolute atomic E-state index is 11.8. The molecule has 1 unspecified atom stereocenters. The molecule has 0 spiro atoms. The molecular formula is C30H58O5. The van der Waals surface area contributed by atoms with Gasteiger partial charge in [-0.25, -0.2) is 0 Å². The predicted molar refractivity (Wildman–Crippen MR) is 145 cm³/mol. The zero-order chi connectivity index (χ0) is 26.2. The van der Waals surface area contributed by atoms with Gasteiger partial charge in [0.05, 0.1) is 0 Å². The van der Waals surface area contributed by atoms with Crippen LogP contribution in [0.25, 0.3) is 0 Å². The minimum absolute atomic E-state index is 0.112. The molecule has 0 aliphatic carbocycles. The lowest BCUT2D eigenvalue weighted by atomic mass is 9.99. The van der Waals surface area contributed by atoms with Crippen LogP contribution in [0, 0.1) is 11.8 Å². The van der Waals surface area contributed by atoms with Gasteiger partial charge in [0.2, 0.25) is 0 Å². The highest BCUT2D eigenvalue weighted by Crippen LogP contribution is 2.15. The topological polar surface area (TPSA) is 72.8 Å². The van der Waals surface area contributed by atoms with Crippen LogP contribution in [0.1, 0.15) is 150 Å². The van der Waals surface area contributed by atoms with Crippen molar-refractivity contribution in [3.63, 3.8) is 0 Å². The van der Waals surface area contributed by atoms with E-state index in [-0.39, 0.29) is 25.2 Å². The molecular weight excluding hydrogens is 440 g/mol. The number of aliphatic hydroxyl groups excluding tert-OH is 1. The molecule has 0 saturated heterocycles. The summed E-state index contributed by atoms with van der Waals surface area (Å²) in [7, 11) is 0. The highest BCUT2D eigenvalue weighted by molar-refractivity contribution is 5.69. The summed E-state index contributed by atoms with van der Waals surface area (Å²) in [6.07, 6.45) is 20.1. The van der Waals surface area contributed by atoms with Gasteiger partial charge in [-0.05, 0) is 24.7 Å². The Morgan fingerprint density at radius 1 is 0.600 bits per heavy atom. The second-order valence-electron chi connectivity index (χ2n) is 11.0. The first-order valence-corrected chi connectivity index (χ1v) is 14.8. The molecule has 0 aromatic carbocycles. The number of ether oxygens (including phenoxy) is 2. The molecule has 0 aromatic heterocycles. The average molecular weight is 499 g/mol. The highest BCUT2D eigenvalue weighted by atomic mass is 16.6. The molecule has 0 fully saturated rings. The first kappa shape index (κ1) is 33.9. The van der Waals surface area contributed by atoms with E-state index in [1.54, 1.807) is 0 Å². The van der Waals surface area contributed by atoms with Crippen molar-refractivity contribution in [2.45, 2.75) is 156 Å². The van der Waals surface area contributed by atoms with Crippen molar-refractivity contribution in [3.05, 3.63) is 0 Å². The fourth-order valence-electron chi connectivity index (χ4n) is 4.13. The van der Waals surface area contributed by atoms with Crippen molar-refractivity contribution in [3.8, 4) is 0 Å². The van der Waals surface area contributed by atoms with Gasteiger partial charge in [0.15, 0.2) is 0 Å². The number of hydrogen-bond acceptors (Lipinski definition) is 5. The van der Waals surface area contributed by atoms with Gasteiger partial charge < -0.3 is 14.6 Å². The quantitative estimate of drug-likeness (QED) is 0.101. The molecule has 0 saturated carbocycles. The molecule has 1 N–H and O–H groups in total. The lowest BCUT2D eigenvalue weighted by Crippen LogP contribution is -2.25. The van der Waals surface area contributed by atoms with Crippen molar-refractivity contribution in [1.82, 2.24) is 0 Å². The van der Waals surface area contributed by atoms with Gasteiger partial charge in [-0.1, -0.05) is 124 Å². The van der Waals surface area contributed by atoms with Crippen LogP contribution >= 0.6 is 0 Å². The van der Waals surface area contributed by atoms with Gasteiger partial charge in [0, 0.05) is 12.8 Å². The van der Waals surface area contributed by atoms with Crippen LogP contribution in [-0.4, -0.2) is 36.4 Å². The average Bonchev–Trinajstić information content (AvgIpc) is 2.83. The molecule has 5 heteroatoms. The van der Waals surface area contributed by atoms with Gasteiger partial charge >= 0.3 is 11.9 Å². The van der Waals surface area contributed by atoms with E-state index in [1.807, 2.05) is 0 Å². The van der Waals surface area contributed by atoms with Crippen molar-refractivity contribution in [1.29, 1.82) is 0 Å². The molecule has 0 heterocycles. The number of carbonyl (C=O) groups excluding carboxylic acids is 2. The number of unbranched alkanes of at least 4 members (excludes halogenated alkanes) is 12. The third kappa shape index (κ3) is 25.8. The minimum atomic E-state index is -0.954. The minimum Gasteiger partial charge on any atom is -0.463 e. The molecule has 2 atom stereocenters. The van der Waals surface area contributed by atoms with Crippen LogP contribution < -0.4 is 0 Å². The Labute approximate surface area is 217 Å². The Hall–Kier alpha value is -1.10. The summed E-state index contributed by atoms with van der Waals surface area (Å²) in [4.78, 5) is 23.6. The number of esters is 2. The van der Waals surface area contributed by atoms with Gasteiger partial charge in [-0.3, -0.25) is 9.59 Å². The van der Waals surface area contributed by atoms with Gasteiger partial charge in [-0.2, -0.15) is 0 Å². The summed E-state index contributed by atoms with van der Waals surface area (Å²) < 4.78 is 10.2. The molecule has 0 aliphatic rings. The lowest BCUT2D eigenvalue weighted by Gasteiger charge is -2.12. The maximum atomic E-state index is 11.8. The molecule has 0 aliphatic heterocycles. The van der Waals surface area contributed by atoms with E-state index >= 15 is 0 Å². The van der Waals surface area contributed by atoms with E-state index in [4.69, 9.17) is 9.47 Å². The molecule has 208 valence electrons. The third-order valence-electron chi connectivity index (χ3n) is 6.81. The van der Waals surface area contributed by atoms with E-state index in [1.165, 1.54) is 70.6 Å². The van der Waals surface area contributed by atoms with Gasteiger partial charge in [-0.15, -0.1) is 0 Å². The van der Waals surface area contributed by atoms with Crippen molar-refractivity contribution < 1.29 is 24.2 Å². The standard InChI is InChI=1S/C30H58O5/c1-5-27(4)21-17-13-8-6-7-9-14-18-22-29(32)34-24-28(31)25-35-30(33)23-19-15-11-10-12-16-20-26(2)3/h26-28,31H,5-25H2,1-4H3/t27?,28-/m1/s1. The van der Waals surface area contributed by atoms with Crippen LogP contribution in [0.15, 0.2) is 0 Å².